The van der Waals surface area contributed by atoms with Crippen molar-refractivity contribution in [3.63, 3.8) is 0 Å². The fraction of sp³-hybridized carbons (Fsp3) is 0.229. The molecule has 0 bridgehead atoms. The summed E-state index contributed by atoms with van der Waals surface area (Å²) in [5.41, 5.74) is 4.49. The number of hydrogen-bond donors (Lipinski definition) is 2. The number of aromatic carboxylic acids is 1. The largest absolute Gasteiger partial charge is 0.478 e. The Balaban J connectivity index is 1.20. The lowest BCUT2D eigenvalue weighted by Gasteiger charge is -2.41. The molecular weight excluding hydrogens is 578 g/mol. The number of ether oxygens (including phenoxy) is 2. The molecule has 4 atom stereocenters. The van der Waals surface area contributed by atoms with Crippen LogP contribution < -0.4 is 0 Å². The predicted octanol–water partition coefficient (Wildman–Crippen LogP) is 6.26. The average Bonchev–Trinajstić information content (AvgIpc) is 3.29. The molecule has 6 rings (SSSR count). The highest BCUT2D eigenvalue weighted by atomic mass is 32.2. The lowest BCUT2D eigenvalue weighted by atomic mass is 9.91. The number of imide groups is 1. The predicted molar refractivity (Wildman–Crippen MR) is 164 cm³/mol. The first-order valence-electron chi connectivity index (χ1n) is 14.3. The molecule has 0 unspecified atom stereocenters. The maximum absolute atomic E-state index is 12.8. The summed E-state index contributed by atoms with van der Waals surface area (Å²) in [6, 6.07) is 28.9. The molecule has 2 heterocycles. The van der Waals surface area contributed by atoms with Crippen LogP contribution in [0.5, 0.6) is 0 Å². The van der Waals surface area contributed by atoms with Gasteiger partial charge in [-0.3, -0.25) is 14.5 Å². The molecule has 8 nitrogen and oxygen atoms in total. The Bertz CT molecular complexity index is 1640. The number of thioether (sulfide) groups is 1. The molecule has 0 saturated carbocycles. The monoisotopic (exact) mass is 609 g/mol. The molecule has 1 saturated heterocycles. The highest BCUT2D eigenvalue weighted by Gasteiger charge is 2.39. The van der Waals surface area contributed by atoms with Crippen LogP contribution in [0.3, 0.4) is 0 Å². The molecule has 2 N–H and O–H groups in total. The number of amides is 2. The van der Waals surface area contributed by atoms with Gasteiger partial charge in [-0.25, -0.2) is 4.79 Å². The molecule has 2 aliphatic rings. The summed E-state index contributed by atoms with van der Waals surface area (Å²) in [6.45, 7) is 2.21. The summed E-state index contributed by atoms with van der Waals surface area (Å²) in [7, 11) is 0. The van der Waals surface area contributed by atoms with Crippen LogP contribution in [-0.2, 0) is 22.6 Å². The molecule has 2 amide bonds. The van der Waals surface area contributed by atoms with E-state index in [9.17, 15) is 24.6 Å². The molecule has 0 aliphatic carbocycles. The summed E-state index contributed by atoms with van der Waals surface area (Å²) in [5.74, 6) is -0.942. The van der Waals surface area contributed by atoms with Gasteiger partial charge in [-0.15, -0.1) is 11.8 Å². The Morgan fingerprint density at radius 2 is 1.39 bits per heavy atom. The molecule has 0 aromatic heterocycles. The summed E-state index contributed by atoms with van der Waals surface area (Å²) in [5, 5.41) is 18.7. The van der Waals surface area contributed by atoms with E-state index in [0.29, 0.717) is 16.9 Å². The third kappa shape index (κ3) is 6.05. The first kappa shape index (κ1) is 29.8. The molecular formula is C35H31NO7S. The molecule has 0 spiro atoms. The van der Waals surface area contributed by atoms with E-state index in [4.69, 9.17) is 9.47 Å². The summed E-state index contributed by atoms with van der Waals surface area (Å²) in [6.07, 6.45) is -1.14. The minimum absolute atomic E-state index is 0.00915. The molecule has 2 aliphatic heterocycles. The van der Waals surface area contributed by atoms with Crippen LogP contribution in [0, 0.1) is 5.92 Å². The highest BCUT2D eigenvalue weighted by molar-refractivity contribution is 7.99. The van der Waals surface area contributed by atoms with Crippen molar-refractivity contribution in [2.24, 2.45) is 5.92 Å². The molecule has 4 aromatic carbocycles. The van der Waals surface area contributed by atoms with Gasteiger partial charge >= 0.3 is 5.97 Å². The number of aliphatic hydroxyl groups excluding tert-OH is 1. The Hall–Kier alpha value is -4.28. The zero-order chi connectivity index (χ0) is 30.8. The van der Waals surface area contributed by atoms with Crippen molar-refractivity contribution in [3.8, 4) is 0 Å². The van der Waals surface area contributed by atoms with Crippen LogP contribution in [0.1, 0.15) is 72.6 Å². The summed E-state index contributed by atoms with van der Waals surface area (Å²) in [4.78, 5) is 39.1. The topological polar surface area (TPSA) is 113 Å². The van der Waals surface area contributed by atoms with Crippen molar-refractivity contribution in [2.45, 2.75) is 43.5 Å². The lowest BCUT2D eigenvalue weighted by molar-refractivity contribution is -0.268. The molecule has 9 heteroatoms. The van der Waals surface area contributed by atoms with Gasteiger partial charge in [0.25, 0.3) is 11.8 Å². The minimum atomic E-state index is -0.962. The van der Waals surface area contributed by atoms with Crippen molar-refractivity contribution in [1.82, 2.24) is 4.90 Å². The Morgan fingerprint density at radius 1 is 0.795 bits per heavy atom. The van der Waals surface area contributed by atoms with Gasteiger partial charge in [0.15, 0.2) is 6.29 Å². The molecule has 44 heavy (non-hydrogen) atoms. The number of carboxylic acid groups (broad SMARTS) is 1. The van der Waals surface area contributed by atoms with Gasteiger partial charge in [-0.2, -0.15) is 0 Å². The van der Waals surface area contributed by atoms with Gasteiger partial charge in [0, 0.05) is 22.1 Å². The number of hydrogen-bond acceptors (Lipinski definition) is 7. The first-order valence-corrected chi connectivity index (χ1v) is 15.3. The molecule has 4 aromatic rings. The van der Waals surface area contributed by atoms with Gasteiger partial charge in [0.05, 0.1) is 42.0 Å². The first-order chi connectivity index (χ1) is 21.3. The number of aliphatic hydroxyl groups is 1. The van der Waals surface area contributed by atoms with Gasteiger partial charge in [-0.05, 0) is 53.1 Å². The van der Waals surface area contributed by atoms with Crippen molar-refractivity contribution in [2.75, 3.05) is 5.75 Å². The van der Waals surface area contributed by atoms with Gasteiger partial charge < -0.3 is 19.7 Å². The van der Waals surface area contributed by atoms with Crippen LogP contribution >= 0.6 is 11.8 Å². The fourth-order valence-corrected chi connectivity index (χ4v) is 6.59. The Kier molecular flexibility index (Phi) is 8.63. The molecule has 224 valence electrons. The second-order valence-corrected chi connectivity index (χ2v) is 12.0. The van der Waals surface area contributed by atoms with E-state index < -0.39 is 12.3 Å². The smallest absolute Gasteiger partial charge is 0.335 e. The highest BCUT2D eigenvalue weighted by Crippen LogP contribution is 2.43. The van der Waals surface area contributed by atoms with Gasteiger partial charge in [0.2, 0.25) is 0 Å². The van der Waals surface area contributed by atoms with Gasteiger partial charge in [-0.1, -0.05) is 67.6 Å². The molecule has 1 fully saturated rings. The fourth-order valence-electron chi connectivity index (χ4n) is 5.53. The molecule has 0 radical (unpaired) electrons. The zero-order valence-electron chi connectivity index (χ0n) is 24.0. The van der Waals surface area contributed by atoms with E-state index in [1.165, 1.54) is 4.90 Å². The van der Waals surface area contributed by atoms with E-state index in [-0.39, 0.29) is 48.7 Å². The summed E-state index contributed by atoms with van der Waals surface area (Å²) < 4.78 is 13.1. The van der Waals surface area contributed by atoms with E-state index >= 15 is 0 Å². The number of fused-ring (bicyclic) bond motifs is 1. The average molecular weight is 610 g/mol. The third-order valence-corrected chi connectivity index (χ3v) is 9.21. The minimum Gasteiger partial charge on any atom is -0.478 e. The second-order valence-electron chi connectivity index (χ2n) is 10.9. The number of carbonyl (C=O) groups is 3. The number of rotatable bonds is 9. The number of carboxylic acids is 1. The van der Waals surface area contributed by atoms with E-state index in [2.05, 4.69) is 6.92 Å². The van der Waals surface area contributed by atoms with Gasteiger partial charge in [0.1, 0.15) is 0 Å². The Morgan fingerprint density at radius 3 is 1.98 bits per heavy atom. The van der Waals surface area contributed by atoms with Crippen LogP contribution in [0.15, 0.2) is 102 Å². The second kappa shape index (κ2) is 12.8. The van der Waals surface area contributed by atoms with E-state index in [0.717, 1.165) is 27.1 Å². The third-order valence-electron chi connectivity index (χ3n) is 8.11. The lowest BCUT2D eigenvalue weighted by Crippen LogP contribution is -2.38. The van der Waals surface area contributed by atoms with Crippen LogP contribution in [-0.4, -0.2) is 44.8 Å². The van der Waals surface area contributed by atoms with Crippen molar-refractivity contribution < 1.29 is 34.1 Å². The maximum atomic E-state index is 12.8. The van der Waals surface area contributed by atoms with Crippen molar-refractivity contribution in [1.29, 1.82) is 0 Å². The zero-order valence-corrected chi connectivity index (χ0v) is 24.8. The maximum Gasteiger partial charge on any atom is 0.335 e. The van der Waals surface area contributed by atoms with Crippen molar-refractivity contribution >= 4 is 29.5 Å². The summed E-state index contributed by atoms with van der Waals surface area (Å²) >= 11 is 1.59. The Labute approximate surface area is 259 Å². The van der Waals surface area contributed by atoms with Crippen LogP contribution in [0.4, 0.5) is 0 Å². The quantitative estimate of drug-likeness (QED) is 0.169. The normalized spacial score (nSPS) is 21.4. The van der Waals surface area contributed by atoms with Crippen molar-refractivity contribution in [3.05, 3.63) is 136 Å². The van der Waals surface area contributed by atoms with E-state index in [1.54, 1.807) is 60.3 Å². The van der Waals surface area contributed by atoms with Crippen LogP contribution in [0.2, 0.25) is 0 Å². The number of carbonyl (C=O) groups excluding carboxylic acids is 2. The number of nitrogens with zero attached hydrogens (tertiary/aromatic N) is 1. The van der Waals surface area contributed by atoms with E-state index in [1.807, 2.05) is 48.5 Å². The SMILES string of the molecule is C[C@H]1[C@@H](CSc2ccc(C(=O)O)cc2)O[C@@H](c2ccc(CN3C(=O)c4ccccc4C3=O)cc2)O[C@H]1c1ccc(CO)cc1. The number of benzene rings is 4. The van der Waals surface area contributed by atoms with Crippen LogP contribution in [0.25, 0.3) is 0 Å². The standard InChI is InChI=1S/C35H31NO7S/c1-21-30(20-44-27-16-14-25(15-17-27)34(40)41)42-35(43-31(21)24-10-8-23(19-37)9-11-24)26-12-6-22(7-13-26)18-36-32(38)28-4-2-3-5-29(28)33(36)39/h2-17,21,30-31,35,37H,18-20H2,1H3,(H,40,41)/t21-,30+,31+,35+/m0/s1.